The number of hydrogen-bond acceptors (Lipinski definition) is 4. The molecular formula is C23H15BrClIN2O3. The molecule has 31 heavy (non-hydrogen) atoms. The molecule has 0 fully saturated rings. The Kier molecular flexibility index (Phi) is 6.94. The Labute approximate surface area is 205 Å². The molecule has 0 bridgehead atoms. The minimum atomic E-state index is -0.437. The number of ether oxygens (including phenoxy) is 1. The van der Waals surface area contributed by atoms with Gasteiger partial charge in [-0.1, -0.05) is 39.7 Å². The Morgan fingerprint density at radius 2 is 1.94 bits per heavy atom. The molecule has 4 aromatic rings. The molecule has 4 rings (SSSR count). The van der Waals surface area contributed by atoms with Gasteiger partial charge in [-0.2, -0.15) is 5.10 Å². The summed E-state index contributed by atoms with van der Waals surface area (Å²) < 4.78 is 13.4. The maximum atomic E-state index is 12.3. The van der Waals surface area contributed by atoms with Gasteiger partial charge in [0.15, 0.2) is 5.76 Å². The lowest BCUT2D eigenvalue weighted by molar-refractivity contribution is 0.0929. The molecule has 0 saturated heterocycles. The quantitative estimate of drug-likeness (QED) is 0.149. The lowest BCUT2D eigenvalue weighted by Gasteiger charge is -2.09. The zero-order chi connectivity index (χ0) is 21.8. The van der Waals surface area contributed by atoms with Crippen molar-refractivity contribution in [3.63, 3.8) is 0 Å². The minimum Gasteiger partial charge on any atom is -0.488 e. The molecule has 0 unspecified atom stereocenters. The van der Waals surface area contributed by atoms with Crippen molar-refractivity contribution in [3.8, 4) is 5.75 Å². The number of halogens is 3. The highest BCUT2D eigenvalue weighted by Crippen LogP contribution is 2.24. The summed E-state index contributed by atoms with van der Waals surface area (Å²) in [6, 6.07) is 20.5. The SMILES string of the molecule is O=C(N/N=C/c1ccc(OCc2ccc(Br)cc2)c(I)c1)c1cc2cc(Cl)ccc2o1. The molecule has 0 saturated carbocycles. The number of rotatable bonds is 6. The largest absolute Gasteiger partial charge is 0.488 e. The average Bonchev–Trinajstić information content (AvgIpc) is 3.17. The van der Waals surface area contributed by atoms with Crippen LogP contribution in [0.5, 0.6) is 5.75 Å². The monoisotopic (exact) mass is 608 g/mol. The molecule has 0 radical (unpaired) electrons. The second-order valence-electron chi connectivity index (χ2n) is 6.60. The van der Waals surface area contributed by atoms with Gasteiger partial charge in [-0.25, -0.2) is 5.43 Å². The van der Waals surface area contributed by atoms with E-state index in [2.05, 4.69) is 49.0 Å². The summed E-state index contributed by atoms with van der Waals surface area (Å²) in [6.07, 6.45) is 1.57. The van der Waals surface area contributed by atoms with Gasteiger partial charge in [0, 0.05) is 14.9 Å². The number of nitrogens with zero attached hydrogens (tertiary/aromatic N) is 1. The number of amides is 1. The second-order valence-corrected chi connectivity index (χ2v) is 9.11. The van der Waals surface area contributed by atoms with E-state index in [0.717, 1.165) is 30.3 Å². The molecule has 1 N–H and O–H groups in total. The van der Waals surface area contributed by atoms with Gasteiger partial charge in [0.2, 0.25) is 0 Å². The van der Waals surface area contributed by atoms with E-state index in [1.54, 1.807) is 30.5 Å². The summed E-state index contributed by atoms with van der Waals surface area (Å²) in [4.78, 5) is 12.3. The summed E-state index contributed by atoms with van der Waals surface area (Å²) in [5, 5.41) is 5.36. The fourth-order valence-corrected chi connectivity index (χ4v) is 3.94. The molecule has 0 atom stereocenters. The first kappa shape index (κ1) is 21.9. The van der Waals surface area contributed by atoms with Crippen LogP contribution in [0.4, 0.5) is 0 Å². The highest BCUT2D eigenvalue weighted by molar-refractivity contribution is 14.1. The van der Waals surface area contributed by atoms with Crippen molar-refractivity contribution in [1.82, 2.24) is 5.43 Å². The first-order valence-electron chi connectivity index (χ1n) is 9.17. The van der Waals surface area contributed by atoms with E-state index in [0.29, 0.717) is 17.2 Å². The molecule has 0 aliphatic rings. The summed E-state index contributed by atoms with van der Waals surface area (Å²) in [5.74, 6) is 0.513. The normalized spacial score (nSPS) is 11.2. The molecule has 1 heterocycles. The van der Waals surface area contributed by atoms with Crippen molar-refractivity contribution in [2.24, 2.45) is 5.10 Å². The van der Waals surface area contributed by atoms with E-state index in [9.17, 15) is 4.79 Å². The molecule has 0 spiro atoms. The highest BCUT2D eigenvalue weighted by atomic mass is 127. The lowest BCUT2D eigenvalue weighted by Crippen LogP contribution is -2.16. The molecular weight excluding hydrogens is 595 g/mol. The molecule has 0 aliphatic heterocycles. The van der Waals surface area contributed by atoms with Gasteiger partial charge in [-0.15, -0.1) is 0 Å². The second kappa shape index (κ2) is 9.84. The number of hydrogen-bond donors (Lipinski definition) is 1. The van der Waals surface area contributed by atoms with Crippen molar-refractivity contribution in [3.05, 3.63) is 96.7 Å². The van der Waals surface area contributed by atoms with Crippen LogP contribution in [0.3, 0.4) is 0 Å². The predicted octanol–water partition coefficient (Wildman–Crippen LogP) is 6.80. The number of nitrogens with one attached hydrogen (secondary N) is 1. The first-order chi connectivity index (χ1) is 15.0. The van der Waals surface area contributed by atoms with Crippen LogP contribution in [-0.4, -0.2) is 12.1 Å². The number of carbonyl (C=O) groups excluding carboxylic acids is 1. The zero-order valence-electron chi connectivity index (χ0n) is 15.9. The highest BCUT2D eigenvalue weighted by Gasteiger charge is 2.11. The van der Waals surface area contributed by atoms with Gasteiger partial charge < -0.3 is 9.15 Å². The Morgan fingerprint density at radius 1 is 1.13 bits per heavy atom. The van der Waals surface area contributed by atoms with Gasteiger partial charge in [-0.05, 0) is 88.3 Å². The van der Waals surface area contributed by atoms with Crippen LogP contribution in [0.2, 0.25) is 5.02 Å². The summed E-state index contributed by atoms with van der Waals surface area (Å²) >= 11 is 11.6. The number of fused-ring (bicyclic) bond motifs is 1. The van der Waals surface area contributed by atoms with E-state index in [1.807, 2.05) is 42.5 Å². The molecule has 156 valence electrons. The molecule has 0 aliphatic carbocycles. The van der Waals surface area contributed by atoms with Crippen LogP contribution in [0.15, 0.2) is 80.7 Å². The van der Waals surface area contributed by atoms with Gasteiger partial charge in [-0.3, -0.25) is 4.79 Å². The molecule has 3 aromatic carbocycles. The van der Waals surface area contributed by atoms with Crippen LogP contribution < -0.4 is 10.2 Å². The smallest absolute Gasteiger partial charge is 0.307 e. The van der Waals surface area contributed by atoms with Crippen LogP contribution in [0.1, 0.15) is 21.7 Å². The van der Waals surface area contributed by atoms with E-state index in [-0.39, 0.29) is 5.76 Å². The third kappa shape index (κ3) is 5.66. The van der Waals surface area contributed by atoms with Gasteiger partial charge in [0.25, 0.3) is 0 Å². The molecule has 1 aromatic heterocycles. The maximum absolute atomic E-state index is 12.3. The van der Waals surface area contributed by atoms with Gasteiger partial charge in [0.05, 0.1) is 9.78 Å². The number of furan rings is 1. The topological polar surface area (TPSA) is 63.8 Å². The van der Waals surface area contributed by atoms with Gasteiger partial charge >= 0.3 is 5.91 Å². The fourth-order valence-electron chi connectivity index (χ4n) is 2.80. The van der Waals surface area contributed by atoms with Crippen LogP contribution in [-0.2, 0) is 6.61 Å². The van der Waals surface area contributed by atoms with Crippen molar-refractivity contribution in [1.29, 1.82) is 0 Å². The van der Waals surface area contributed by atoms with E-state index < -0.39 is 5.91 Å². The average molecular weight is 610 g/mol. The van der Waals surface area contributed by atoms with Crippen LogP contribution in [0, 0.1) is 3.57 Å². The van der Waals surface area contributed by atoms with E-state index in [4.69, 9.17) is 20.8 Å². The summed E-state index contributed by atoms with van der Waals surface area (Å²) in [5.41, 5.74) is 4.98. The maximum Gasteiger partial charge on any atom is 0.307 e. The lowest BCUT2D eigenvalue weighted by atomic mass is 10.2. The fraction of sp³-hybridized carbons (Fsp3) is 0.0435. The van der Waals surface area contributed by atoms with Crippen molar-refractivity contribution >= 4 is 73.2 Å². The van der Waals surface area contributed by atoms with Crippen molar-refractivity contribution < 1.29 is 13.9 Å². The molecule has 8 heteroatoms. The molecule has 1 amide bonds. The van der Waals surface area contributed by atoms with E-state index >= 15 is 0 Å². The Bertz CT molecular complexity index is 1270. The molecule has 5 nitrogen and oxygen atoms in total. The first-order valence-corrected chi connectivity index (χ1v) is 11.4. The Balaban J connectivity index is 1.36. The van der Waals surface area contributed by atoms with Crippen molar-refractivity contribution in [2.45, 2.75) is 6.61 Å². The number of carbonyl (C=O) groups is 1. The number of hydrazone groups is 1. The van der Waals surface area contributed by atoms with E-state index in [1.165, 1.54) is 0 Å². The van der Waals surface area contributed by atoms with Gasteiger partial charge in [0.1, 0.15) is 17.9 Å². The number of benzene rings is 3. The minimum absolute atomic E-state index is 0.167. The standard InChI is InChI=1S/C23H15BrClIN2O3/c24-17-4-1-14(2-5-17)13-30-21-7-3-15(9-19(21)26)12-27-28-23(29)22-11-16-10-18(25)6-8-20(16)31-22/h1-12H,13H2,(H,28,29)/b27-12+. The summed E-state index contributed by atoms with van der Waals surface area (Å²) in [7, 11) is 0. The third-order valence-electron chi connectivity index (χ3n) is 4.35. The Hall–Kier alpha value is -2.36. The van der Waals surface area contributed by atoms with Crippen LogP contribution in [0.25, 0.3) is 11.0 Å². The predicted molar refractivity (Wildman–Crippen MR) is 134 cm³/mol. The van der Waals surface area contributed by atoms with Crippen LogP contribution >= 0.6 is 50.1 Å². The van der Waals surface area contributed by atoms with Crippen molar-refractivity contribution in [2.75, 3.05) is 0 Å². The Morgan fingerprint density at radius 3 is 2.71 bits per heavy atom. The summed E-state index contributed by atoms with van der Waals surface area (Å²) in [6.45, 7) is 0.482. The zero-order valence-corrected chi connectivity index (χ0v) is 20.4. The third-order valence-corrected chi connectivity index (χ3v) is 5.95.